The third-order valence-electron chi connectivity index (χ3n) is 5.89. The van der Waals surface area contributed by atoms with Crippen LogP contribution in [0.15, 0.2) is 41.6 Å². The molecule has 1 aliphatic carbocycles. The van der Waals surface area contributed by atoms with Crippen molar-refractivity contribution in [3.63, 3.8) is 0 Å². The molecule has 0 spiro atoms. The fraction of sp³-hybridized carbons (Fsp3) is 0.542. The molecule has 3 rings (SSSR count). The van der Waals surface area contributed by atoms with Crippen molar-refractivity contribution >= 4 is 29.0 Å². The number of sulfone groups is 1. The molecular formula is C24H34N3O6PS. The van der Waals surface area contributed by atoms with Gasteiger partial charge in [0.1, 0.15) is 0 Å². The summed E-state index contributed by atoms with van der Waals surface area (Å²) in [7, 11) is -6.61. The average molecular weight is 524 g/mol. The summed E-state index contributed by atoms with van der Waals surface area (Å²) in [6, 6.07) is 6.42. The molecule has 0 unspecified atom stereocenters. The Bertz CT molecular complexity index is 1120. The van der Waals surface area contributed by atoms with Crippen LogP contribution in [0.5, 0.6) is 0 Å². The Morgan fingerprint density at radius 1 is 1.03 bits per heavy atom. The Morgan fingerprint density at radius 3 is 2.11 bits per heavy atom. The van der Waals surface area contributed by atoms with Crippen molar-refractivity contribution < 1.29 is 26.8 Å². The first kappa shape index (κ1) is 27.5. The number of anilines is 1. The first-order valence-corrected chi connectivity index (χ1v) is 15.5. The van der Waals surface area contributed by atoms with Gasteiger partial charge < -0.3 is 13.9 Å². The van der Waals surface area contributed by atoms with Crippen molar-refractivity contribution in [1.82, 2.24) is 9.97 Å². The van der Waals surface area contributed by atoms with Gasteiger partial charge in [0.15, 0.2) is 9.84 Å². The molecule has 0 atom stereocenters. The van der Waals surface area contributed by atoms with Gasteiger partial charge in [-0.15, -0.1) is 0 Å². The molecule has 0 saturated heterocycles. The molecule has 1 saturated carbocycles. The first-order chi connectivity index (χ1) is 16.6. The molecule has 1 aromatic carbocycles. The highest BCUT2D eigenvalue weighted by Crippen LogP contribution is 2.50. The highest BCUT2D eigenvalue weighted by atomic mass is 32.2. The highest BCUT2D eigenvalue weighted by Gasteiger charge is 2.26. The molecule has 0 radical (unpaired) electrons. The van der Waals surface area contributed by atoms with E-state index in [0.29, 0.717) is 29.5 Å². The number of hydrogen-bond acceptors (Lipinski definition) is 8. The van der Waals surface area contributed by atoms with Crippen LogP contribution in [0.3, 0.4) is 0 Å². The van der Waals surface area contributed by atoms with E-state index in [1.807, 2.05) is 0 Å². The minimum absolute atomic E-state index is 0.0103. The SMILES string of the molecule is CCOP(=O)(Cc1cnc(CC(=O)N(CC2CCCC2)c2ccc(S(C)(=O)=O)cc2)cn1)OCC. The zero-order valence-corrected chi connectivity index (χ0v) is 22.3. The van der Waals surface area contributed by atoms with E-state index in [1.54, 1.807) is 30.9 Å². The van der Waals surface area contributed by atoms with E-state index in [1.165, 1.54) is 24.5 Å². The van der Waals surface area contributed by atoms with E-state index in [2.05, 4.69) is 9.97 Å². The number of rotatable bonds is 12. The van der Waals surface area contributed by atoms with E-state index in [0.717, 1.165) is 31.9 Å². The maximum absolute atomic E-state index is 13.3. The molecule has 11 heteroatoms. The third-order valence-corrected chi connectivity index (χ3v) is 9.03. The normalized spacial score (nSPS) is 14.8. The van der Waals surface area contributed by atoms with Gasteiger partial charge in [-0.1, -0.05) is 12.8 Å². The Labute approximate surface area is 207 Å². The Morgan fingerprint density at radius 2 is 1.60 bits per heavy atom. The van der Waals surface area contributed by atoms with Crippen LogP contribution in [-0.4, -0.2) is 50.3 Å². The molecule has 0 aliphatic heterocycles. The van der Waals surface area contributed by atoms with Crippen LogP contribution in [0.2, 0.25) is 0 Å². The van der Waals surface area contributed by atoms with Crippen molar-refractivity contribution in [3.05, 3.63) is 48.0 Å². The van der Waals surface area contributed by atoms with Crippen LogP contribution in [0.4, 0.5) is 5.69 Å². The minimum Gasteiger partial charge on any atom is -0.312 e. The van der Waals surface area contributed by atoms with Crippen LogP contribution in [0.25, 0.3) is 0 Å². The number of nitrogens with zero attached hydrogens (tertiary/aromatic N) is 3. The third kappa shape index (κ3) is 7.93. The summed E-state index contributed by atoms with van der Waals surface area (Å²) in [6.45, 7) is 4.60. The van der Waals surface area contributed by atoms with E-state index < -0.39 is 17.4 Å². The lowest BCUT2D eigenvalue weighted by Gasteiger charge is -2.26. The summed E-state index contributed by atoms with van der Waals surface area (Å²) in [4.78, 5) is 23.9. The van der Waals surface area contributed by atoms with Crippen LogP contribution < -0.4 is 4.90 Å². The second kappa shape index (κ2) is 12.2. The van der Waals surface area contributed by atoms with E-state index in [9.17, 15) is 17.8 Å². The summed E-state index contributed by atoms with van der Waals surface area (Å²) in [5.41, 5.74) is 1.62. The average Bonchev–Trinajstić information content (AvgIpc) is 3.32. The van der Waals surface area contributed by atoms with Gasteiger partial charge >= 0.3 is 7.60 Å². The first-order valence-electron chi connectivity index (χ1n) is 11.9. The van der Waals surface area contributed by atoms with Crippen molar-refractivity contribution in [2.75, 3.05) is 30.9 Å². The van der Waals surface area contributed by atoms with Crippen molar-refractivity contribution in [1.29, 1.82) is 0 Å². The Kier molecular flexibility index (Phi) is 9.58. The highest BCUT2D eigenvalue weighted by molar-refractivity contribution is 7.90. The maximum Gasteiger partial charge on any atom is 0.336 e. The van der Waals surface area contributed by atoms with E-state index in [4.69, 9.17) is 9.05 Å². The number of amides is 1. The molecule has 0 bridgehead atoms. The van der Waals surface area contributed by atoms with Gasteiger partial charge in [0.2, 0.25) is 5.91 Å². The lowest BCUT2D eigenvalue weighted by atomic mass is 10.1. The van der Waals surface area contributed by atoms with Crippen LogP contribution in [0.1, 0.15) is 50.9 Å². The molecule has 192 valence electrons. The van der Waals surface area contributed by atoms with Gasteiger partial charge in [0.05, 0.1) is 42.1 Å². The number of aromatic nitrogens is 2. The van der Waals surface area contributed by atoms with Crippen molar-refractivity contribution in [2.45, 2.75) is 57.0 Å². The van der Waals surface area contributed by atoms with E-state index in [-0.39, 0.29) is 36.6 Å². The van der Waals surface area contributed by atoms with E-state index >= 15 is 0 Å². The summed E-state index contributed by atoms with van der Waals surface area (Å²) >= 11 is 0. The van der Waals surface area contributed by atoms with Gasteiger partial charge in [-0.05, 0) is 56.9 Å². The predicted octanol–water partition coefficient (Wildman–Crippen LogP) is 4.41. The molecule has 1 aromatic heterocycles. The largest absolute Gasteiger partial charge is 0.336 e. The molecule has 9 nitrogen and oxygen atoms in total. The molecule has 0 N–H and O–H groups in total. The summed E-state index contributed by atoms with van der Waals surface area (Å²) in [5, 5.41) is 0. The molecule has 2 aromatic rings. The topological polar surface area (TPSA) is 116 Å². The predicted molar refractivity (Wildman–Crippen MR) is 134 cm³/mol. The fourth-order valence-electron chi connectivity index (χ4n) is 4.20. The van der Waals surface area contributed by atoms with Gasteiger partial charge in [0, 0.05) is 30.9 Å². The van der Waals surface area contributed by atoms with Gasteiger partial charge in [0.25, 0.3) is 0 Å². The molecule has 1 fully saturated rings. The summed E-state index contributed by atoms with van der Waals surface area (Å²) in [5.74, 6) is 0.272. The maximum atomic E-state index is 13.3. The van der Waals surface area contributed by atoms with Gasteiger partial charge in [-0.2, -0.15) is 0 Å². The van der Waals surface area contributed by atoms with Crippen LogP contribution >= 0.6 is 7.60 Å². The zero-order chi connectivity index (χ0) is 25.5. The van der Waals surface area contributed by atoms with Crippen molar-refractivity contribution in [3.8, 4) is 0 Å². The quantitative estimate of drug-likeness (QED) is 0.376. The van der Waals surface area contributed by atoms with Crippen molar-refractivity contribution in [2.24, 2.45) is 5.92 Å². The lowest BCUT2D eigenvalue weighted by Crippen LogP contribution is -2.36. The van der Waals surface area contributed by atoms with Gasteiger partial charge in [-0.3, -0.25) is 19.3 Å². The monoisotopic (exact) mass is 523 g/mol. The summed E-state index contributed by atoms with van der Waals surface area (Å²) in [6.07, 6.45) is 8.66. The second-order valence-electron chi connectivity index (χ2n) is 8.70. The van der Waals surface area contributed by atoms with Gasteiger partial charge in [-0.25, -0.2) is 8.42 Å². The molecule has 35 heavy (non-hydrogen) atoms. The number of hydrogen-bond donors (Lipinski definition) is 0. The second-order valence-corrected chi connectivity index (χ2v) is 12.8. The molecular weight excluding hydrogens is 489 g/mol. The molecule has 1 amide bonds. The Hall–Kier alpha value is -2.13. The standard InChI is InChI=1S/C24H34N3O6PS/c1-4-32-34(29,33-5-2)18-21-16-25-20(15-26-21)14-24(28)27(17-19-8-6-7-9-19)22-10-12-23(13-11-22)35(3,30)31/h10-13,15-16,19H,4-9,14,17-18H2,1-3H3. The smallest absolute Gasteiger partial charge is 0.312 e. The fourth-order valence-corrected chi connectivity index (χ4v) is 6.44. The molecule has 1 heterocycles. The minimum atomic E-state index is -3.32. The summed E-state index contributed by atoms with van der Waals surface area (Å²) < 4.78 is 47.0. The molecule has 1 aliphatic rings. The lowest BCUT2D eigenvalue weighted by molar-refractivity contribution is -0.118. The van der Waals surface area contributed by atoms with Crippen LogP contribution in [-0.2, 0) is 40.8 Å². The Balaban J connectivity index is 1.75. The number of carbonyl (C=O) groups is 1. The van der Waals surface area contributed by atoms with Crippen LogP contribution in [0, 0.1) is 5.92 Å². The number of benzene rings is 1. The number of carbonyl (C=O) groups excluding carboxylic acids is 1. The zero-order valence-electron chi connectivity index (χ0n) is 20.6.